The van der Waals surface area contributed by atoms with Gasteiger partial charge in [-0.3, -0.25) is 0 Å². The summed E-state index contributed by atoms with van der Waals surface area (Å²) in [6.07, 6.45) is 6.90. The van der Waals surface area contributed by atoms with Crippen molar-refractivity contribution in [1.29, 1.82) is 0 Å². The zero-order valence-electron chi connectivity index (χ0n) is 7.80. The average molecular weight is 153 g/mol. The van der Waals surface area contributed by atoms with E-state index in [1.165, 1.54) is 12.8 Å². The van der Waals surface area contributed by atoms with Crippen molar-refractivity contribution in [2.24, 2.45) is 11.8 Å². The van der Waals surface area contributed by atoms with Crippen LogP contribution in [0.15, 0.2) is 12.3 Å². The first-order valence-corrected chi connectivity index (χ1v) is 4.66. The van der Waals surface area contributed by atoms with Crippen molar-refractivity contribution in [1.82, 2.24) is 5.32 Å². The predicted octanol–water partition coefficient (Wildman–Crippen LogP) is 2.54. The van der Waals surface area contributed by atoms with Crippen molar-refractivity contribution in [2.75, 3.05) is 0 Å². The maximum absolute atomic E-state index is 3.44. The molecule has 0 bridgehead atoms. The van der Waals surface area contributed by atoms with Crippen LogP contribution in [0.2, 0.25) is 0 Å². The summed E-state index contributed by atoms with van der Waals surface area (Å²) in [4.78, 5) is 0. The van der Waals surface area contributed by atoms with Gasteiger partial charge in [0.15, 0.2) is 0 Å². The molecule has 1 aliphatic rings. The molecule has 1 N–H and O–H groups in total. The Balaban J connectivity index is 2.54. The van der Waals surface area contributed by atoms with Crippen LogP contribution >= 0.6 is 0 Å². The Morgan fingerprint density at radius 2 is 2.27 bits per heavy atom. The lowest BCUT2D eigenvalue weighted by atomic mass is 9.85. The lowest BCUT2D eigenvalue weighted by Gasteiger charge is -2.32. The van der Waals surface area contributed by atoms with Gasteiger partial charge in [-0.15, -0.1) is 0 Å². The highest BCUT2D eigenvalue weighted by Gasteiger charge is 2.22. The zero-order chi connectivity index (χ0) is 8.27. The number of hydrogen-bond acceptors (Lipinski definition) is 1. The molecule has 0 saturated carbocycles. The molecule has 2 unspecified atom stereocenters. The number of hydrogen-bond donors (Lipinski definition) is 1. The molecule has 64 valence electrons. The molecule has 0 saturated heterocycles. The molecule has 0 spiro atoms. The third kappa shape index (κ3) is 1.98. The molecular weight excluding hydrogens is 134 g/mol. The first-order chi connectivity index (χ1) is 5.25. The molecule has 1 aliphatic heterocycles. The van der Waals surface area contributed by atoms with E-state index in [4.69, 9.17) is 0 Å². The topological polar surface area (TPSA) is 12.0 Å². The minimum absolute atomic E-state index is 0.699. The van der Waals surface area contributed by atoms with E-state index in [0.717, 1.165) is 11.8 Å². The quantitative estimate of drug-likeness (QED) is 0.643. The smallest absolute Gasteiger partial charge is 0.0309 e. The molecule has 0 aliphatic carbocycles. The Morgan fingerprint density at radius 3 is 2.73 bits per heavy atom. The van der Waals surface area contributed by atoms with Gasteiger partial charge in [0.2, 0.25) is 0 Å². The fourth-order valence-corrected chi connectivity index (χ4v) is 1.86. The van der Waals surface area contributed by atoms with Crippen LogP contribution in [0.3, 0.4) is 0 Å². The van der Waals surface area contributed by atoms with Crippen molar-refractivity contribution in [2.45, 2.75) is 39.7 Å². The first kappa shape index (κ1) is 8.63. The SMILES string of the molecule is CCC1CC=CNC1C(C)C. The summed E-state index contributed by atoms with van der Waals surface area (Å²) < 4.78 is 0. The fourth-order valence-electron chi connectivity index (χ4n) is 1.86. The third-order valence-electron chi connectivity index (χ3n) is 2.60. The number of nitrogens with one attached hydrogen (secondary N) is 1. The van der Waals surface area contributed by atoms with Crippen molar-refractivity contribution < 1.29 is 0 Å². The van der Waals surface area contributed by atoms with E-state index in [0.29, 0.717) is 6.04 Å². The van der Waals surface area contributed by atoms with Crippen molar-refractivity contribution >= 4 is 0 Å². The van der Waals surface area contributed by atoms with E-state index in [9.17, 15) is 0 Å². The van der Waals surface area contributed by atoms with Gasteiger partial charge in [0, 0.05) is 6.04 Å². The minimum Gasteiger partial charge on any atom is -0.388 e. The van der Waals surface area contributed by atoms with Crippen molar-refractivity contribution in [3.63, 3.8) is 0 Å². The maximum Gasteiger partial charge on any atom is 0.0309 e. The Hall–Kier alpha value is -0.460. The molecule has 0 aromatic heterocycles. The van der Waals surface area contributed by atoms with E-state index < -0.39 is 0 Å². The summed E-state index contributed by atoms with van der Waals surface area (Å²) in [7, 11) is 0. The molecule has 0 radical (unpaired) electrons. The predicted molar refractivity (Wildman–Crippen MR) is 49.3 cm³/mol. The van der Waals surface area contributed by atoms with Gasteiger partial charge in [-0.25, -0.2) is 0 Å². The van der Waals surface area contributed by atoms with Crippen LogP contribution in [-0.4, -0.2) is 6.04 Å². The van der Waals surface area contributed by atoms with Gasteiger partial charge in [-0.2, -0.15) is 0 Å². The monoisotopic (exact) mass is 153 g/mol. The summed E-state index contributed by atoms with van der Waals surface area (Å²) in [5, 5.41) is 3.44. The van der Waals surface area contributed by atoms with Gasteiger partial charge < -0.3 is 5.32 Å². The van der Waals surface area contributed by atoms with Crippen LogP contribution in [-0.2, 0) is 0 Å². The van der Waals surface area contributed by atoms with Gasteiger partial charge in [-0.05, 0) is 24.5 Å². The maximum atomic E-state index is 3.44. The molecule has 1 heterocycles. The summed E-state index contributed by atoms with van der Waals surface area (Å²) >= 11 is 0. The molecule has 2 atom stereocenters. The molecule has 0 fully saturated rings. The lowest BCUT2D eigenvalue weighted by Crippen LogP contribution is -2.39. The highest BCUT2D eigenvalue weighted by Crippen LogP contribution is 2.22. The normalized spacial score (nSPS) is 30.5. The zero-order valence-corrected chi connectivity index (χ0v) is 7.80. The fraction of sp³-hybridized carbons (Fsp3) is 0.800. The Morgan fingerprint density at radius 1 is 1.55 bits per heavy atom. The Labute approximate surface area is 69.9 Å². The van der Waals surface area contributed by atoms with Crippen LogP contribution in [0.4, 0.5) is 0 Å². The molecular formula is C10H19N. The summed E-state index contributed by atoms with van der Waals surface area (Å²) in [5.74, 6) is 1.60. The van der Waals surface area contributed by atoms with Crippen LogP contribution in [0.25, 0.3) is 0 Å². The third-order valence-corrected chi connectivity index (χ3v) is 2.60. The molecule has 1 rings (SSSR count). The van der Waals surface area contributed by atoms with Crippen LogP contribution in [0.5, 0.6) is 0 Å². The molecule has 0 aromatic carbocycles. The first-order valence-electron chi connectivity index (χ1n) is 4.66. The van der Waals surface area contributed by atoms with Crippen molar-refractivity contribution in [3.8, 4) is 0 Å². The van der Waals surface area contributed by atoms with Gasteiger partial charge in [0.1, 0.15) is 0 Å². The second kappa shape index (κ2) is 3.80. The van der Waals surface area contributed by atoms with Gasteiger partial charge in [0.05, 0.1) is 0 Å². The highest BCUT2D eigenvalue weighted by molar-refractivity contribution is 4.95. The number of allylic oxidation sites excluding steroid dienone is 1. The molecule has 0 amide bonds. The van der Waals surface area contributed by atoms with Crippen LogP contribution < -0.4 is 5.32 Å². The number of rotatable bonds is 2. The van der Waals surface area contributed by atoms with E-state index >= 15 is 0 Å². The molecule has 0 aromatic rings. The summed E-state index contributed by atoms with van der Waals surface area (Å²) in [6, 6.07) is 0.699. The second-order valence-electron chi connectivity index (χ2n) is 3.74. The van der Waals surface area contributed by atoms with Crippen LogP contribution in [0.1, 0.15) is 33.6 Å². The standard InChI is InChI=1S/C10H19N/c1-4-9-6-5-7-11-10(9)8(2)3/h5,7-11H,4,6H2,1-3H3. The van der Waals surface area contributed by atoms with E-state index in [2.05, 4.69) is 38.4 Å². The summed E-state index contributed by atoms with van der Waals surface area (Å²) in [5.41, 5.74) is 0. The van der Waals surface area contributed by atoms with E-state index in [1.54, 1.807) is 0 Å². The minimum atomic E-state index is 0.699. The van der Waals surface area contributed by atoms with Crippen molar-refractivity contribution in [3.05, 3.63) is 12.3 Å². The van der Waals surface area contributed by atoms with Gasteiger partial charge in [-0.1, -0.05) is 33.3 Å². The Kier molecular flexibility index (Phi) is 2.98. The van der Waals surface area contributed by atoms with E-state index in [-0.39, 0.29) is 0 Å². The molecule has 1 heteroatoms. The van der Waals surface area contributed by atoms with Gasteiger partial charge >= 0.3 is 0 Å². The lowest BCUT2D eigenvalue weighted by molar-refractivity contribution is 0.288. The molecule has 1 nitrogen and oxygen atoms in total. The highest BCUT2D eigenvalue weighted by atomic mass is 14.9. The van der Waals surface area contributed by atoms with Crippen LogP contribution in [0, 0.1) is 11.8 Å². The average Bonchev–Trinajstić information content (AvgIpc) is 2.04. The molecule has 11 heavy (non-hydrogen) atoms. The second-order valence-corrected chi connectivity index (χ2v) is 3.74. The largest absolute Gasteiger partial charge is 0.388 e. The van der Waals surface area contributed by atoms with Gasteiger partial charge in [0.25, 0.3) is 0 Å². The Bertz CT molecular complexity index is 138. The van der Waals surface area contributed by atoms with E-state index in [1.807, 2.05) is 0 Å². The summed E-state index contributed by atoms with van der Waals surface area (Å²) in [6.45, 7) is 6.86.